The largest absolute Gasteiger partial charge is 0.388 e. The number of carbonyl (C=O) groups is 2. The lowest BCUT2D eigenvalue weighted by molar-refractivity contribution is -0.139. The number of amides is 2. The van der Waals surface area contributed by atoms with E-state index in [4.69, 9.17) is 4.74 Å². The number of likely N-dealkylation sites (N-methyl/N-ethyl adjacent to an activating group) is 1. The summed E-state index contributed by atoms with van der Waals surface area (Å²) < 4.78 is 5.87. The monoisotopic (exact) mass is 516 g/mol. The van der Waals surface area contributed by atoms with E-state index in [1.165, 1.54) is 5.56 Å². The molecule has 7 nitrogen and oxygen atoms in total. The number of rotatable bonds is 15. The zero-order valence-electron chi connectivity index (χ0n) is 24.5. The van der Waals surface area contributed by atoms with Crippen molar-refractivity contribution in [2.24, 2.45) is 17.8 Å². The van der Waals surface area contributed by atoms with Gasteiger partial charge in [-0.25, -0.2) is 0 Å². The second-order valence-electron chi connectivity index (χ2n) is 11.0. The maximum Gasteiger partial charge on any atom is 0.225 e. The summed E-state index contributed by atoms with van der Waals surface area (Å²) in [4.78, 5) is 31.0. The van der Waals surface area contributed by atoms with Gasteiger partial charge in [-0.1, -0.05) is 52.7 Å². The van der Waals surface area contributed by atoms with Crippen molar-refractivity contribution in [1.82, 2.24) is 15.1 Å². The molecule has 0 aliphatic carbocycles. The number of anilines is 1. The molecule has 2 amide bonds. The first-order valence-corrected chi connectivity index (χ1v) is 14.2. The van der Waals surface area contributed by atoms with Crippen LogP contribution in [0.5, 0.6) is 0 Å². The molecule has 0 saturated carbocycles. The Bertz CT molecular complexity index is 846. The van der Waals surface area contributed by atoms with E-state index in [2.05, 4.69) is 67.4 Å². The molecule has 1 heterocycles. The van der Waals surface area contributed by atoms with Crippen molar-refractivity contribution in [3.05, 3.63) is 29.8 Å². The first kappa shape index (κ1) is 31.1. The van der Waals surface area contributed by atoms with Gasteiger partial charge in [0.1, 0.15) is 0 Å². The van der Waals surface area contributed by atoms with E-state index in [0.717, 1.165) is 44.3 Å². The van der Waals surface area contributed by atoms with Gasteiger partial charge in [0, 0.05) is 50.9 Å². The van der Waals surface area contributed by atoms with E-state index >= 15 is 0 Å². The predicted molar refractivity (Wildman–Crippen MR) is 153 cm³/mol. The molecule has 1 aliphatic heterocycles. The summed E-state index contributed by atoms with van der Waals surface area (Å²) in [7, 11) is 7.76. The number of ether oxygens (including phenoxy) is 1. The second kappa shape index (κ2) is 15.3. The molecule has 1 saturated heterocycles. The van der Waals surface area contributed by atoms with Gasteiger partial charge in [0.15, 0.2) is 0 Å². The van der Waals surface area contributed by atoms with Gasteiger partial charge in [0.25, 0.3) is 0 Å². The Morgan fingerprint density at radius 2 is 1.92 bits per heavy atom. The number of benzene rings is 1. The third-order valence-corrected chi connectivity index (χ3v) is 8.45. The molecule has 6 unspecified atom stereocenters. The number of methoxy groups -OCH3 is 1. The molecule has 2 N–H and O–H groups in total. The number of hydrogen-bond donors (Lipinski definition) is 2. The SMILES string of the molecule is CCC(C)C(C(CC(=O)N1CCCC1C(CC)C(C)C(=O)NCCc1cccc(NC)c1)OC)N(C)C. The molecule has 0 bridgehead atoms. The van der Waals surface area contributed by atoms with Crippen LogP contribution in [0, 0.1) is 17.8 Å². The van der Waals surface area contributed by atoms with Gasteiger partial charge in [-0.05, 0) is 62.9 Å². The summed E-state index contributed by atoms with van der Waals surface area (Å²) in [5.41, 5.74) is 2.27. The Morgan fingerprint density at radius 3 is 2.51 bits per heavy atom. The van der Waals surface area contributed by atoms with Crippen LogP contribution in [0.2, 0.25) is 0 Å². The molecule has 1 fully saturated rings. The van der Waals surface area contributed by atoms with E-state index in [0.29, 0.717) is 18.9 Å². The average Bonchev–Trinajstić information content (AvgIpc) is 3.37. The summed E-state index contributed by atoms with van der Waals surface area (Å²) >= 11 is 0. The fourth-order valence-electron chi connectivity index (χ4n) is 6.16. The lowest BCUT2D eigenvalue weighted by Crippen LogP contribution is -2.49. The molecule has 1 aromatic carbocycles. The highest BCUT2D eigenvalue weighted by atomic mass is 16.5. The van der Waals surface area contributed by atoms with E-state index in [-0.39, 0.29) is 41.8 Å². The van der Waals surface area contributed by atoms with Gasteiger partial charge in [0.2, 0.25) is 11.8 Å². The highest BCUT2D eigenvalue weighted by molar-refractivity contribution is 5.80. The zero-order valence-corrected chi connectivity index (χ0v) is 24.5. The van der Waals surface area contributed by atoms with E-state index in [9.17, 15) is 9.59 Å². The Kier molecular flexibility index (Phi) is 12.9. The summed E-state index contributed by atoms with van der Waals surface area (Å²) in [6.45, 7) is 9.95. The summed E-state index contributed by atoms with van der Waals surface area (Å²) in [6, 6.07) is 8.54. The van der Waals surface area contributed by atoms with Crippen molar-refractivity contribution in [2.45, 2.75) is 84.4 Å². The van der Waals surface area contributed by atoms with Crippen molar-refractivity contribution in [3.8, 4) is 0 Å². The topological polar surface area (TPSA) is 73.9 Å². The Morgan fingerprint density at radius 1 is 1.19 bits per heavy atom. The molecular weight excluding hydrogens is 464 g/mol. The van der Waals surface area contributed by atoms with Gasteiger partial charge in [-0.3, -0.25) is 9.59 Å². The standard InChI is InChI=1S/C30H52N4O3/c1-9-21(3)29(33(6)7)27(37-8)20-28(35)34-18-12-15-26(34)25(10-2)22(4)30(36)32-17-16-23-13-11-14-24(19-23)31-5/h11,13-14,19,21-22,25-27,29,31H,9-10,12,15-18,20H2,1-8H3,(H,32,36). The maximum atomic E-state index is 13.6. The Hall–Kier alpha value is -2.12. The Labute approximate surface area is 225 Å². The molecular formula is C30H52N4O3. The first-order chi connectivity index (χ1) is 17.7. The molecule has 2 rings (SSSR count). The number of hydrogen-bond acceptors (Lipinski definition) is 5. The van der Waals surface area contributed by atoms with Gasteiger partial charge in [-0.2, -0.15) is 0 Å². The third-order valence-electron chi connectivity index (χ3n) is 8.45. The van der Waals surface area contributed by atoms with E-state index < -0.39 is 0 Å². The van der Waals surface area contributed by atoms with Crippen LogP contribution in [0.1, 0.15) is 65.4 Å². The Balaban J connectivity index is 2.01. The predicted octanol–water partition coefficient (Wildman–Crippen LogP) is 4.42. The number of nitrogens with zero attached hydrogens (tertiary/aromatic N) is 2. The van der Waals surface area contributed by atoms with Crippen LogP contribution in [0.25, 0.3) is 0 Å². The lowest BCUT2D eigenvalue weighted by atomic mass is 9.83. The fraction of sp³-hybridized carbons (Fsp3) is 0.733. The second-order valence-corrected chi connectivity index (χ2v) is 11.0. The summed E-state index contributed by atoms with van der Waals surface area (Å²) in [6.07, 6.45) is 4.87. The normalized spacial score (nSPS) is 19.8. The summed E-state index contributed by atoms with van der Waals surface area (Å²) in [5, 5.41) is 6.31. The minimum atomic E-state index is -0.153. The molecule has 37 heavy (non-hydrogen) atoms. The van der Waals surface area contributed by atoms with Crippen LogP contribution in [-0.2, 0) is 20.7 Å². The molecule has 0 radical (unpaired) electrons. The van der Waals surface area contributed by atoms with Gasteiger partial charge in [0.05, 0.1) is 12.5 Å². The fourth-order valence-corrected chi connectivity index (χ4v) is 6.16. The van der Waals surface area contributed by atoms with Crippen LogP contribution < -0.4 is 10.6 Å². The van der Waals surface area contributed by atoms with Crippen molar-refractivity contribution in [1.29, 1.82) is 0 Å². The molecule has 0 aromatic heterocycles. The van der Waals surface area contributed by atoms with Gasteiger partial charge < -0.3 is 25.2 Å². The van der Waals surface area contributed by atoms with Crippen molar-refractivity contribution in [3.63, 3.8) is 0 Å². The zero-order chi connectivity index (χ0) is 27.5. The molecule has 6 atom stereocenters. The first-order valence-electron chi connectivity index (χ1n) is 14.2. The molecule has 0 spiro atoms. The highest BCUT2D eigenvalue weighted by Crippen LogP contribution is 2.33. The minimum absolute atomic E-state index is 0.0788. The van der Waals surface area contributed by atoms with Crippen LogP contribution in [-0.4, -0.2) is 81.1 Å². The minimum Gasteiger partial charge on any atom is -0.388 e. The third kappa shape index (κ3) is 8.44. The molecule has 1 aliphatic rings. The number of likely N-dealkylation sites (tertiary alicyclic amines) is 1. The van der Waals surface area contributed by atoms with Crippen LogP contribution in [0.3, 0.4) is 0 Å². The number of nitrogens with one attached hydrogen (secondary N) is 2. The number of carbonyl (C=O) groups excluding carboxylic acids is 2. The van der Waals surface area contributed by atoms with Crippen molar-refractivity contribution < 1.29 is 14.3 Å². The van der Waals surface area contributed by atoms with Gasteiger partial charge >= 0.3 is 0 Å². The van der Waals surface area contributed by atoms with E-state index in [1.54, 1.807) is 7.11 Å². The molecule has 210 valence electrons. The highest BCUT2D eigenvalue weighted by Gasteiger charge is 2.40. The molecule has 7 heteroatoms. The van der Waals surface area contributed by atoms with Crippen LogP contribution in [0.4, 0.5) is 5.69 Å². The maximum absolute atomic E-state index is 13.6. The van der Waals surface area contributed by atoms with E-state index in [1.807, 2.05) is 26.1 Å². The van der Waals surface area contributed by atoms with Crippen LogP contribution >= 0.6 is 0 Å². The lowest BCUT2D eigenvalue weighted by Gasteiger charge is -2.38. The van der Waals surface area contributed by atoms with Crippen LogP contribution in [0.15, 0.2) is 24.3 Å². The smallest absolute Gasteiger partial charge is 0.225 e. The van der Waals surface area contributed by atoms with Crippen molar-refractivity contribution in [2.75, 3.05) is 46.7 Å². The van der Waals surface area contributed by atoms with Crippen molar-refractivity contribution >= 4 is 17.5 Å². The van der Waals surface area contributed by atoms with Gasteiger partial charge in [-0.15, -0.1) is 0 Å². The molecule has 1 aromatic rings. The average molecular weight is 517 g/mol. The summed E-state index contributed by atoms with van der Waals surface area (Å²) in [5.74, 6) is 0.643. The quantitative estimate of drug-likeness (QED) is 0.361.